The molecule has 0 aromatic heterocycles. The zero-order valence-electron chi connectivity index (χ0n) is 29.3. The molecule has 1 aromatic rings. The van der Waals surface area contributed by atoms with E-state index in [1.165, 1.54) is 44.9 Å². The average molecular weight is 609 g/mol. The molecule has 0 unspecified atom stereocenters. The summed E-state index contributed by atoms with van der Waals surface area (Å²) in [5.74, 6) is 3.60. The maximum absolute atomic E-state index is 13.4. The van der Waals surface area contributed by atoms with Crippen LogP contribution in [0, 0.1) is 46.3 Å². The van der Waals surface area contributed by atoms with Gasteiger partial charge in [0.2, 0.25) is 0 Å². The van der Waals surface area contributed by atoms with Crippen molar-refractivity contribution in [3.8, 4) is 0 Å². The highest BCUT2D eigenvalue weighted by Gasteiger charge is 2.83. The number of fused-ring (bicyclic) bond motifs is 4. The zero-order chi connectivity index (χ0) is 31.2. The molecule has 0 bridgehead atoms. The van der Waals surface area contributed by atoms with Crippen molar-refractivity contribution >= 4 is 8.32 Å². The van der Waals surface area contributed by atoms with Crippen LogP contribution in [0.4, 0.5) is 0 Å². The molecule has 1 heterocycles. The van der Waals surface area contributed by atoms with E-state index < -0.39 is 13.9 Å². The number of epoxide rings is 1. The lowest BCUT2D eigenvalue weighted by Gasteiger charge is -2.64. The minimum Gasteiger partial charge on any atom is -0.414 e. The second-order valence-electron chi connectivity index (χ2n) is 18.5. The molecule has 4 heteroatoms. The molecule has 242 valence electrons. The normalized spacial score (nSPS) is 44.7. The molecule has 0 radical (unpaired) electrons. The van der Waals surface area contributed by atoms with Crippen LogP contribution in [0.15, 0.2) is 30.3 Å². The number of hydrogen-bond acceptors (Lipinski definition) is 3. The van der Waals surface area contributed by atoms with Crippen LogP contribution in [-0.2, 0) is 14.8 Å². The van der Waals surface area contributed by atoms with E-state index in [4.69, 9.17) is 9.16 Å². The Labute approximate surface area is 265 Å². The molecule has 43 heavy (non-hydrogen) atoms. The average Bonchev–Trinajstić information content (AvgIpc) is 3.56. The first-order chi connectivity index (χ1) is 20.0. The highest BCUT2D eigenvalue weighted by atomic mass is 28.4. The summed E-state index contributed by atoms with van der Waals surface area (Å²) in [6.45, 7) is 24.3. The van der Waals surface area contributed by atoms with Gasteiger partial charge in [0.25, 0.3) is 0 Å². The van der Waals surface area contributed by atoms with Gasteiger partial charge in [0, 0.05) is 23.9 Å². The van der Waals surface area contributed by atoms with Crippen molar-refractivity contribution in [2.45, 2.75) is 161 Å². The zero-order valence-corrected chi connectivity index (χ0v) is 30.3. The predicted molar refractivity (Wildman–Crippen MR) is 180 cm³/mol. The van der Waals surface area contributed by atoms with Gasteiger partial charge in [-0.15, -0.1) is 0 Å². The maximum Gasteiger partial charge on any atom is 0.192 e. The molecular weight excluding hydrogens is 545 g/mol. The van der Waals surface area contributed by atoms with Crippen LogP contribution in [0.2, 0.25) is 18.1 Å². The quantitative estimate of drug-likeness (QED) is 0.236. The van der Waals surface area contributed by atoms with Crippen LogP contribution in [-0.4, -0.2) is 31.2 Å². The van der Waals surface area contributed by atoms with Crippen LogP contribution in [0.1, 0.15) is 125 Å². The van der Waals surface area contributed by atoms with E-state index in [9.17, 15) is 5.11 Å². The van der Waals surface area contributed by atoms with Gasteiger partial charge in [-0.3, -0.25) is 0 Å². The molecule has 1 spiro atoms. The molecule has 1 aliphatic heterocycles. The minimum atomic E-state index is -1.90. The SMILES string of the molecule is CC(C)CCC[C@@H](C)[C@H]1CC[C@H]2[C@H]3[C@H](CC[C@]12C)[C@@]1(C)CC[C@H](O[Si](C)(C)C(C)(C)C)C[C@]12O[C@@H]2[C@@]3(O)c1ccccc1. The Balaban J connectivity index is 1.34. The number of benzene rings is 1. The van der Waals surface area contributed by atoms with Crippen LogP contribution < -0.4 is 0 Å². The summed E-state index contributed by atoms with van der Waals surface area (Å²) < 4.78 is 14.2. The highest BCUT2D eigenvalue weighted by molar-refractivity contribution is 6.74. The Bertz CT molecular complexity index is 1160. The molecular formula is C39H64O3Si. The van der Waals surface area contributed by atoms with E-state index in [1.54, 1.807) is 0 Å². The topological polar surface area (TPSA) is 42.0 Å². The molecule has 3 nitrogen and oxygen atoms in total. The largest absolute Gasteiger partial charge is 0.414 e. The smallest absolute Gasteiger partial charge is 0.192 e. The Hall–Kier alpha value is -0.683. The van der Waals surface area contributed by atoms with Crippen LogP contribution >= 0.6 is 0 Å². The molecule has 1 saturated heterocycles. The molecule has 5 aliphatic rings. The van der Waals surface area contributed by atoms with Crippen LogP contribution in [0.3, 0.4) is 0 Å². The van der Waals surface area contributed by atoms with Crippen molar-refractivity contribution in [2.75, 3.05) is 0 Å². The molecule has 5 fully saturated rings. The third kappa shape index (κ3) is 4.80. The Morgan fingerprint density at radius 3 is 2.30 bits per heavy atom. The molecule has 6 rings (SSSR count). The van der Waals surface area contributed by atoms with Crippen LogP contribution in [0.5, 0.6) is 0 Å². The predicted octanol–water partition coefficient (Wildman–Crippen LogP) is 10.1. The van der Waals surface area contributed by atoms with E-state index in [0.29, 0.717) is 17.3 Å². The Morgan fingerprint density at radius 2 is 1.65 bits per heavy atom. The van der Waals surface area contributed by atoms with Gasteiger partial charge in [-0.2, -0.15) is 0 Å². The van der Waals surface area contributed by atoms with Gasteiger partial charge in [-0.05, 0) is 97.2 Å². The molecule has 0 amide bonds. The van der Waals surface area contributed by atoms with E-state index in [-0.39, 0.29) is 34.2 Å². The number of aliphatic hydroxyl groups is 1. The minimum absolute atomic E-state index is 0.0962. The second-order valence-corrected chi connectivity index (χ2v) is 23.3. The van der Waals surface area contributed by atoms with E-state index in [2.05, 4.69) is 98.8 Å². The molecule has 4 aliphatic carbocycles. The van der Waals surface area contributed by atoms with Gasteiger partial charge in [0.1, 0.15) is 17.3 Å². The lowest BCUT2D eigenvalue weighted by Crippen LogP contribution is -2.67. The second kappa shape index (κ2) is 10.7. The third-order valence-corrected chi connectivity index (χ3v) is 19.4. The summed E-state index contributed by atoms with van der Waals surface area (Å²) in [6, 6.07) is 10.8. The van der Waals surface area contributed by atoms with Gasteiger partial charge < -0.3 is 14.3 Å². The molecule has 1 N–H and O–H groups in total. The standard InChI is InChI=1S/C39H64O3Si/c1-26(2)15-14-16-27(3)30-19-20-31-33-32(22-23-36(30,31)7)37(8)24-21-29(42-43(9,10)35(4,5)6)25-38(37)34(41-38)39(33,40)28-17-12-11-13-18-28/h11-13,17-18,26-27,29-34,40H,14-16,19-25H2,1-10H3/t27-,29+,30-,31+,32+,33+,34+,36-,37-,38-,39-/m1/s1. The van der Waals surface area contributed by atoms with Gasteiger partial charge in [-0.25, -0.2) is 0 Å². The molecule has 11 atom stereocenters. The van der Waals surface area contributed by atoms with E-state index in [1.807, 2.05) is 0 Å². The highest BCUT2D eigenvalue weighted by Crippen LogP contribution is 2.78. The monoisotopic (exact) mass is 608 g/mol. The summed E-state index contributed by atoms with van der Waals surface area (Å²) >= 11 is 0. The summed E-state index contributed by atoms with van der Waals surface area (Å²) in [5, 5.41) is 13.6. The first-order valence-electron chi connectivity index (χ1n) is 18.1. The summed E-state index contributed by atoms with van der Waals surface area (Å²) in [6.07, 6.45) is 12.5. The lowest BCUT2D eigenvalue weighted by atomic mass is 9.40. The van der Waals surface area contributed by atoms with Gasteiger partial charge in [0.05, 0.1) is 0 Å². The van der Waals surface area contributed by atoms with Gasteiger partial charge in [0.15, 0.2) is 8.32 Å². The van der Waals surface area contributed by atoms with Gasteiger partial charge >= 0.3 is 0 Å². The van der Waals surface area contributed by atoms with Crippen LogP contribution in [0.25, 0.3) is 0 Å². The fourth-order valence-corrected chi connectivity index (χ4v) is 12.9. The fourth-order valence-electron chi connectivity index (χ4n) is 11.5. The number of rotatable bonds is 8. The third-order valence-electron chi connectivity index (χ3n) is 14.9. The molecule has 1 aromatic carbocycles. The van der Waals surface area contributed by atoms with Crippen molar-refractivity contribution in [1.82, 2.24) is 0 Å². The van der Waals surface area contributed by atoms with Crippen molar-refractivity contribution in [3.05, 3.63) is 35.9 Å². The Morgan fingerprint density at radius 1 is 0.953 bits per heavy atom. The fraction of sp³-hybridized carbons (Fsp3) is 0.846. The number of ether oxygens (including phenoxy) is 1. The van der Waals surface area contributed by atoms with Crippen molar-refractivity contribution in [3.63, 3.8) is 0 Å². The maximum atomic E-state index is 13.4. The van der Waals surface area contributed by atoms with Crippen molar-refractivity contribution in [2.24, 2.45) is 46.3 Å². The van der Waals surface area contributed by atoms with E-state index >= 15 is 0 Å². The van der Waals surface area contributed by atoms with Crippen molar-refractivity contribution < 1.29 is 14.3 Å². The van der Waals surface area contributed by atoms with Gasteiger partial charge in [-0.1, -0.05) is 105 Å². The number of hydrogen-bond donors (Lipinski definition) is 1. The summed E-state index contributed by atoms with van der Waals surface area (Å²) in [5.41, 5.74) is 0.277. The Kier molecular flexibility index (Phi) is 8.01. The lowest BCUT2D eigenvalue weighted by molar-refractivity contribution is -0.197. The summed E-state index contributed by atoms with van der Waals surface area (Å²) in [4.78, 5) is 0. The summed E-state index contributed by atoms with van der Waals surface area (Å²) in [7, 11) is -1.90. The first kappa shape index (κ1) is 32.3. The molecule has 4 saturated carbocycles. The van der Waals surface area contributed by atoms with Crippen molar-refractivity contribution in [1.29, 1.82) is 0 Å². The van der Waals surface area contributed by atoms with E-state index in [0.717, 1.165) is 42.6 Å². The first-order valence-corrected chi connectivity index (χ1v) is 21.1.